The minimum Gasteiger partial charge on any atom is -0.307 e. The highest BCUT2D eigenvalue weighted by molar-refractivity contribution is 6.14. The Labute approximate surface area is 424 Å². The zero-order valence-corrected chi connectivity index (χ0v) is 40.8. The van der Waals surface area contributed by atoms with E-state index in [4.69, 9.17) is 0 Å². The van der Waals surface area contributed by atoms with Gasteiger partial charge in [-0.25, -0.2) is 0 Å². The lowest BCUT2D eigenvalue weighted by Gasteiger charge is -2.23. The Kier molecular flexibility index (Phi) is 11.0. The number of aromatic nitrogens is 2. The van der Waals surface area contributed by atoms with Crippen LogP contribution in [0.2, 0.25) is 0 Å². The van der Waals surface area contributed by atoms with E-state index in [2.05, 4.69) is 60.7 Å². The second kappa shape index (κ2) is 17.6. The minimum atomic E-state index is -5.01. The third-order valence-electron chi connectivity index (χ3n) is 14.3. The summed E-state index contributed by atoms with van der Waals surface area (Å²) >= 11 is 0. The summed E-state index contributed by atoms with van der Waals surface area (Å²) in [5.41, 5.74) is 12.0. The highest BCUT2D eigenvalue weighted by Gasteiger charge is 2.37. The number of halogens is 6. The van der Waals surface area contributed by atoms with Crippen LogP contribution >= 0.6 is 0 Å². The van der Waals surface area contributed by atoms with Crippen molar-refractivity contribution in [1.82, 2.24) is 9.13 Å². The van der Waals surface area contributed by atoms with Gasteiger partial charge < -0.3 is 9.13 Å². The van der Waals surface area contributed by atoms with E-state index in [1.54, 1.807) is 0 Å². The van der Waals surface area contributed by atoms with Crippen molar-refractivity contribution in [1.29, 1.82) is 0 Å². The monoisotopic (exact) mass is 980 g/mol. The molecule has 2 aromatic heterocycles. The van der Waals surface area contributed by atoms with Gasteiger partial charge in [0.25, 0.3) is 0 Å². The SMILES string of the molecule is Cc1cccc(-c2ccc3c4ccc(-c5cccc(C)c5)cc4n(-c4cc(-c5cccc(C(F)(F)F)c5)c(C(F)(F)F)cc4-n4c5cc(-c6cccc(C)c6)ccc5c5ccc(-c6cccc(C)c6)cc54)c3c2)c1. The first-order valence-electron chi connectivity index (χ1n) is 24.4. The fraction of sp³-hybridized carbons (Fsp3) is 0.0909. The summed E-state index contributed by atoms with van der Waals surface area (Å²) in [6.45, 7) is 8.08. The van der Waals surface area contributed by atoms with E-state index >= 15 is 13.2 Å². The molecule has 2 heterocycles. The van der Waals surface area contributed by atoms with Crippen molar-refractivity contribution >= 4 is 43.6 Å². The summed E-state index contributed by atoms with van der Waals surface area (Å²) < 4.78 is 96.3. The molecule has 0 unspecified atom stereocenters. The molecule has 0 spiro atoms. The van der Waals surface area contributed by atoms with Crippen LogP contribution in [0.25, 0.3) is 111 Å². The van der Waals surface area contributed by atoms with Crippen LogP contribution in [-0.4, -0.2) is 9.13 Å². The molecule has 12 aromatic rings. The average Bonchev–Trinajstić information content (AvgIpc) is 3.89. The minimum absolute atomic E-state index is 0.191. The molecule has 0 saturated heterocycles. The Balaban J connectivity index is 1.28. The molecule has 8 heteroatoms. The van der Waals surface area contributed by atoms with Crippen molar-refractivity contribution in [2.45, 2.75) is 40.0 Å². The van der Waals surface area contributed by atoms with E-state index in [1.807, 2.05) is 146 Å². The fourth-order valence-corrected chi connectivity index (χ4v) is 10.8. The van der Waals surface area contributed by atoms with Crippen LogP contribution in [0, 0.1) is 27.7 Å². The summed E-state index contributed by atoms with van der Waals surface area (Å²) in [7, 11) is 0. The lowest BCUT2D eigenvalue weighted by Crippen LogP contribution is -2.12. The zero-order valence-electron chi connectivity index (χ0n) is 40.8. The maximum absolute atomic E-state index is 16.3. The zero-order chi connectivity index (χ0) is 51.2. The molecule has 0 amide bonds. The lowest BCUT2D eigenvalue weighted by atomic mass is 9.95. The predicted octanol–water partition coefficient (Wildman–Crippen LogP) is 19.5. The summed E-state index contributed by atoms with van der Waals surface area (Å²) in [6, 6.07) is 63.8. The summed E-state index contributed by atoms with van der Waals surface area (Å²) in [5, 5.41) is 3.34. The van der Waals surface area contributed by atoms with Crippen molar-refractivity contribution in [3.8, 4) is 67.0 Å². The highest BCUT2D eigenvalue weighted by Crippen LogP contribution is 2.47. The molecular weight excluding hydrogens is 935 g/mol. The first-order valence-corrected chi connectivity index (χ1v) is 24.4. The number of alkyl halides is 6. The van der Waals surface area contributed by atoms with Crippen LogP contribution in [0.5, 0.6) is 0 Å². The normalized spacial score (nSPS) is 12.2. The molecule has 10 aromatic carbocycles. The predicted molar refractivity (Wildman–Crippen MR) is 291 cm³/mol. The number of hydrogen-bond acceptors (Lipinski definition) is 0. The van der Waals surface area contributed by atoms with Gasteiger partial charge in [0.05, 0.1) is 44.6 Å². The summed E-state index contributed by atoms with van der Waals surface area (Å²) in [6.07, 6.45) is -9.82. The van der Waals surface area contributed by atoms with Gasteiger partial charge in [-0.1, -0.05) is 180 Å². The smallest absolute Gasteiger partial charge is 0.307 e. The molecule has 362 valence electrons. The molecule has 12 rings (SSSR count). The number of benzene rings is 10. The lowest BCUT2D eigenvalue weighted by molar-refractivity contribution is -0.137. The molecule has 2 nitrogen and oxygen atoms in total. The molecule has 0 saturated carbocycles. The molecule has 0 aliphatic heterocycles. The van der Waals surface area contributed by atoms with Gasteiger partial charge in [0.2, 0.25) is 0 Å². The Morgan fingerprint density at radius 2 is 0.595 bits per heavy atom. The van der Waals surface area contributed by atoms with E-state index in [-0.39, 0.29) is 16.8 Å². The van der Waals surface area contributed by atoms with Crippen LogP contribution in [0.4, 0.5) is 26.3 Å². The van der Waals surface area contributed by atoms with E-state index in [0.717, 1.165) is 107 Å². The van der Waals surface area contributed by atoms with E-state index < -0.39 is 23.5 Å². The molecule has 0 fully saturated rings. The Hall–Kier alpha value is -8.62. The first kappa shape index (κ1) is 46.5. The third-order valence-corrected chi connectivity index (χ3v) is 14.3. The van der Waals surface area contributed by atoms with Crippen molar-refractivity contribution in [3.05, 3.63) is 240 Å². The molecular formula is C66H46F6N2. The molecule has 0 atom stereocenters. The van der Waals surface area contributed by atoms with Crippen molar-refractivity contribution in [3.63, 3.8) is 0 Å². The van der Waals surface area contributed by atoms with Gasteiger partial charge in [0.15, 0.2) is 0 Å². The quantitative estimate of drug-likeness (QED) is 0.141. The van der Waals surface area contributed by atoms with Crippen molar-refractivity contribution in [2.24, 2.45) is 0 Å². The first-order chi connectivity index (χ1) is 35.6. The maximum atomic E-state index is 16.3. The van der Waals surface area contributed by atoms with Crippen LogP contribution in [0.3, 0.4) is 0 Å². The molecule has 0 aliphatic rings. The van der Waals surface area contributed by atoms with Gasteiger partial charge in [-0.05, 0) is 132 Å². The Morgan fingerprint density at radius 1 is 0.284 bits per heavy atom. The number of hydrogen-bond donors (Lipinski definition) is 0. The standard InChI is InChI=1S/C66H46F6N2/c1-39-10-5-14-43(28-39)47-20-24-53-54-25-21-48(44-15-6-11-40(2)29-44)34-60(54)73(59(53)33-47)63-37-57(51-18-9-19-52(32-51)65(67,68)69)58(66(70,71)72)38-64(63)74-61-35-49(45-16-7-12-41(3)30-45)22-26-55(61)56-27-23-50(36-62(56)74)46-17-8-13-42(4)31-46/h5-38H,1-4H3. The Bertz CT molecular complexity index is 4020. The third kappa shape index (κ3) is 8.20. The molecule has 74 heavy (non-hydrogen) atoms. The van der Waals surface area contributed by atoms with E-state index in [1.165, 1.54) is 18.2 Å². The van der Waals surface area contributed by atoms with Gasteiger partial charge in [0.1, 0.15) is 0 Å². The van der Waals surface area contributed by atoms with Gasteiger partial charge in [0, 0.05) is 21.5 Å². The number of aryl methyl sites for hydroxylation is 4. The molecule has 0 N–H and O–H groups in total. The van der Waals surface area contributed by atoms with Crippen molar-refractivity contribution < 1.29 is 26.3 Å². The molecule has 0 radical (unpaired) electrons. The van der Waals surface area contributed by atoms with Gasteiger partial charge in [-0.2, -0.15) is 26.3 Å². The maximum Gasteiger partial charge on any atom is 0.417 e. The summed E-state index contributed by atoms with van der Waals surface area (Å²) in [5.74, 6) is 0. The topological polar surface area (TPSA) is 9.86 Å². The number of rotatable bonds is 7. The Morgan fingerprint density at radius 3 is 0.919 bits per heavy atom. The van der Waals surface area contributed by atoms with Gasteiger partial charge in [-0.3, -0.25) is 0 Å². The van der Waals surface area contributed by atoms with E-state index in [9.17, 15) is 13.2 Å². The second-order valence-corrected chi connectivity index (χ2v) is 19.5. The van der Waals surface area contributed by atoms with Crippen LogP contribution < -0.4 is 0 Å². The van der Waals surface area contributed by atoms with Crippen LogP contribution in [0.1, 0.15) is 33.4 Å². The fourth-order valence-electron chi connectivity index (χ4n) is 10.8. The summed E-state index contributed by atoms with van der Waals surface area (Å²) in [4.78, 5) is 0. The van der Waals surface area contributed by atoms with Crippen LogP contribution in [-0.2, 0) is 12.4 Å². The van der Waals surface area contributed by atoms with Gasteiger partial charge >= 0.3 is 12.4 Å². The number of nitrogens with zero attached hydrogens (tertiary/aromatic N) is 2. The number of fused-ring (bicyclic) bond motifs is 6. The van der Waals surface area contributed by atoms with Crippen molar-refractivity contribution in [2.75, 3.05) is 0 Å². The van der Waals surface area contributed by atoms with Crippen LogP contribution in [0.15, 0.2) is 206 Å². The van der Waals surface area contributed by atoms with E-state index in [0.29, 0.717) is 27.8 Å². The molecule has 0 aliphatic carbocycles. The molecule has 0 bridgehead atoms. The largest absolute Gasteiger partial charge is 0.417 e. The average molecular weight is 981 g/mol. The second-order valence-electron chi connectivity index (χ2n) is 19.5. The van der Waals surface area contributed by atoms with Gasteiger partial charge in [-0.15, -0.1) is 0 Å². The highest BCUT2D eigenvalue weighted by atomic mass is 19.4.